The summed E-state index contributed by atoms with van der Waals surface area (Å²) in [6, 6.07) is 15.0. The van der Waals surface area contributed by atoms with E-state index >= 15 is 0 Å². The SMILES string of the molecule is COc1ccc(C)cc1S(=O)(=O)N1CC[NH+](C)C[C@@H]1c1ccccc1. The molecule has 5 nitrogen and oxygen atoms in total. The van der Waals surface area contributed by atoms with Crippen molar-refractivity contribution in [2.24, 2.45) is 0 Å². The van der Waals surface area contributed by atoms with Gasteiger partial charge in [-0.05, 0) is 30.2 Å². The lowest BCUT2D eigenvalue weighted by Gasteiger charge is -2.37. The van der Waals surface area contributed by atoms with Gasteiger partial charge in [-0.3, -0.25) is 0 Å². The van der Waals surface area contributed by atoms with E-state index in [2.05, 4.69) is 7.05 Å². The number of nitrogens with one attached hydrogen (secondary N) is 1. The summed E-state index contributed by atoms with van der Waals surface area (Å²) < 4.78 is 33.9. The molecular formula is C19H25N2O3S+. The monoisotopic (exact) mass is 361 g/mol. The molecule has 0 aromatic heterocycles. The Morgan fingerprint density at radius 1 is 1.16 bits per heavy atom. The van der Waals surface area contributed by atoms with E-state index in [1.807, 2.05) is 43.3 Å². The number of hydrogen-bond donors (Lipinski definition) is 1. The molecule has 0 saturated carbocycles. The first-order valence-corrected chi connectivity index (χ1v) is 9.90. The Morgan fingerprint density at radius 2 is 1.88 bits per heavy atom. The molecule has 0 aliphatic carbocycles. The van der Waals surface area contributed by atoms with Gasteiger partial charge in [0.25, 0.3) is 0 Å². The number of likely N-dealkylation sites (N-methyl/N-ethyl adjacent to an activating group) is 1. The fourth-order valence-electron chi connectivity index (χ4n) is 3.35. The zero-order chi connectivity index (χ0) is 18.0. The van der Waals surface area contributed by atoms with Gasteiger partial charge in [-0.25, -0.2) is 8.42 Å². The minimum atomic E-state index is -3.65. The molecule has 0 spiro atoms. The van der Waals surface area contributed by atoms with Crippen molar-refractivity contribution >= 4 is 10.0 Å². The van der Waals surface area contributed by atoms with Crippen molar-refractivity contribution in [3.05, 3.63) is 59.7 Å². The zero-order valence-electron chi connectivity index (χ0n) is 14.9. The molecular weight excluding hydrogens is 336 g/mol. The molecule has 1 aliphatic rings. The lowest BCUT2D eigenvalue weighted by Crippen LogP contribution is -3.12. The molecule has 6 heteroatoms. The van der Waals surface area contributed by atoms with Gasteiger partial charge in [-0.2, -0.15) is 4.31 Å². The van der Waals surface area contributed by atoms with E-state index in [1.165, 1.54) is 12.0 Å². The summed E-state index contributed by atoms with van der Waals surface area (Å²) in [7, 11) is -0.0423. The lowest BCUT2D eigenvalue weighted by atomic mass is 10.1. The van der Waals surface area contributed by atoms with Gasteiger partial charge in [0.2, 0.25) is 10.0 Å². The van der Waals surface area contributed by atoms with Crippen LogP contribution in [0, 0.1) is 6.92 Å². The summed E-state index contributed by atoms with van der Waals surface area (Å²) in [5.41, 5.74) is 1.92. The molecule has 2 aromatic rings. The third kappa shape index (κ3) is 3.56. The highest BCUT2D eigenvalue weighted by Crippen LogP contribution is 2.33. The summed E-state index contributed by atoms with van der Waals surface area (Å²) in [4.78, 5) is 1.58. The van der Waals surface area contributed by atoms with Gasteiger partial charge in [-0.1, -0.05) is 36.4 Å². The van der Waals surface area contributed by atoms with Crippen LogP contribution in [0.15, 0.2) is 53.4 Å². The molecule has 0 bridgehead atoms. The number of quaternary nitrogens is 1. The third-order valence-corrected chi connectivity index (χ3v) is 6.67. The first-order chi connectivity index (χ1) is 11.9. The van der Waals surface area contributed by atoms with Crippen LogP contribution < -0.4 is 9.64 Å². The van der Waals surface area contributed by atoms with Crippen LogP contribution in [0.25, 0.3) is 0 Å². The molecule has 1 fully saturated rings. The summed E-state index contributed by atoms with van der Waals surface area (Å²) in [5, 5.41) is 0. The van der Waals surface area contributed by atoms with E-state index < -0.39 is 10.0 Å². The summed E-state index contributed by atoms with van der Waals surface area (Å²) in [6.07, 6.45) is 0. The molecule has 0 amide bonds. The van der Waals surface area contributed by atoms with Gasteiger partial charge in [0.15, 0.2) is 0 Å². The predicted molar refractivity (Wildman–Crippen MR) is 97.4 cm³/mol. The maximum absolute atomic E-state index is 13.4. The van der Waals surface area contributed by atoms with Crippen LogP contribution in [-0.4, -0.2) is 46.5 Å². The zero-order valence-corrected chi connectivity index (χ0v) is 15.7. The van der Waals surface area contributed by atoms with Gasteiger partial charge in [0.1, 0.15) is 10.6 Å². The number of piperazine rings is 1. The number of methoxy groups -OCH3 is 1. The fourth-order valence-corrected chi connectivity index (χ4v) is 5.21. The lowest BCUT2D eigenvalue weighted by molar-refractivity contribution is -0.887. The van der Waals surface area contributed by atoms with Crippen molar-refractivity contribution in [3.8, 4) is 5.75 Å². The van der Waals surface area contributed by atoms with Crippen LogP contribution in [0.3, 0.4) is 0 Å². The van der Waals surface area contributed by atoms with Crippen molar-refractivity contribution in [1.82, 2.24) is 4.31 Å². The fraction of sp³-hybridized carbons (Fsp3) is 0.368. The Kier molecular flexibility index (Phi) is 5.13. The van der Waals surface area contributed by atoms with E-state index in [9.17, 15) is 8.42 Å². The molecule has 25 heavy (non-hydrogen) atoms. The highest BCUT2D eigenvalue weighted by Gasteiger charge is 2.39. The number of nitrogens with zero attached hydrogens (tertiary/aromatic N) is 1. The third-order valence-electron chi connectivity index (χ3n) is 4.74. The Morgan fingerprint density at radius 3 is 2.56 bits per heavy atom. The molecule has 134 valence electrons. The quantitative estimate of drug-likeness (QED) is 0.892. The van der Waals surface area contributed by atoms with Crippen LogP contribution in [0.1, 0.15) is 17.2 Å². The number of ether oxygens (including phenoxy) is 1. The number of aryl methyl sites for hydroxylation is 1. The van der Waals surface area contributed by atoms with Crippen molar-refractivity contribution < 1.29 is 18.1 Å². The van der Waals surface area contributed by atoms with Crippen molar-refractivity contribution in [1.29, 1.82) is 0 Å². The highest BCUT2D eigenvalue weighted by atomic mass is 32.2. The van der Waals surface area contributed by atoms with Crippen molar-refractivity contribution in [3.63, 3.8) is 0 Å². The van der Waals surface area contributed by atoms with E-state index in [-0.39, 0.29) is 10.9 Å². The normalized spacial score (nSPS) is 21.9. The predicted octanol–water partition coefficient (Wildman–Crippen LogP) is 1.26. The van der Waals surface area contributed by atoms with Gasteiger partial charge in [-0.15, -0.1) is 0 Å². The Hall–Kier alpha value is -1.89. The topological polar surface area (TPSA) is 51.1 Å². The summed E-state index contributed by atoms with van der Waals surface area (Å²) in [6.45, 7) is 3.92. The second-order valence-electron chi connectivity index (χ2n) is 6.61. The van der Waals surface area contributed by atoms with E-state index in [1.54, 1.807) is 16.4 Å². The average Bonchev–Trinajstić information content (AvgIpc) is 2.62. The maximum atomic E-state index is 13.4. The molecule has 1 unspecified atom stereocenters. The van der Waals surface area contributed by atoms with Gasteiger partial charge >= 0.3 is 0 Å². The molecule has 1 N–H and O–H groups in total. The molecule has 2 atom stereocenters. The molecule has 1 aliphatic heterocycles. The number of hydrogen-bond acceptors (Lipinski definition) is 3. The second kappa shape index (κ2) is 7.15. The highest BCUT2D eigenvalue weighted by molar-refractivity contribution is 7.89. The number of benzene rings is 2. The molecule has 3 rings (SSSR count). The van der Waals surface area contributed by atoms with E-state index in [0.717, 1.165) is 24.2 Å². The van der Waals surface area contributed by atoms with Crippen LogP contribution in [0.5, 0.6) is 5.75 Å². The van der Waals surface area contributed by atoms with Gasteiger partial charge < -0.3 is 9.64 Å². The largest absolute Gasteiger partial charge is 0.495 e. The first-order valence-electron chi connectivity index (χ1n) is 8.46. The van der Waals surface area contributed by atoms with E-state index in [4.69, 9.17) is 4.74 Å². The Labute approximate surface area is 149 Å². The maximum Gasteiger partial charge on any atom is 0.247 e. The minimum absolute atomic E-state index is 0.176. The Bertz CT molecular complexity index is 837. The van der Waals surface area contributed by atoms with Gasteiger partial charge in [0.05, 0.1) is 39.8 Å². The minimum Gasteiger partial charge on any atom is -0.495 e. The summed E-state index contributed by atoms with van der Waals surface area (Å²) in [5.74, 6) is 0.392. The molecule has 2 aromatic carbocycles. The number of rotatable bonds is 4. The smallest absolute Gasteiger partial charge is 0.247 e. The van der Waals surface area contributed by atoms with Crippen molar-refractivity contribution in [2.75, 3.05) is 33.8 Å². The summed E-state index contributed by atoms with van der Waals surface area (Å²) >= 11 is 0. The molecule has 0 radical (unpaired) electrons. The van der Waals surface area contributed by atoms with Crippen LogP contribution in [0.2, 0.25) is 0 Å². The standard InChI is InChI=1S/C19H24N2O3S/c1-15-9-10-18(24-3)19(13-15)25(22,23)21-12-11-20(2)14-17(21)16-7-5-4-6-8-16/h4-10,13,17H,11-12,14H2,1-3H3/p+1/t17-/m1/s1. The van der Waals surface area contributed by atoms with Crippen LogP contribution in [-0.2, 0) is 10.0 Å². The van der Waals surface area contributed by atoms with Crippen LogP contribution >= 0.6 is 0 Å². The number of sulfonamides is 1. The van der Waals surface area contributed by atoms with Crippen LogP contribution in [0.4, 0.5) is 0 Å². The molecule has 1 saturated heterocycles. The second-order valence-corrected chi connectivity index (χ2v) is 8.47. The molecule has 1 heterocycles. The van der Waals surface area contributed by atoms with E-state index in [0.29, 0.717) is 12.3 Å². The van der Waals surface area contributed by atoms with Crippen molar-refractivity contribution in [2.45, 2.75) is 17.9 Å². The van der Waals surface area contributed by atoms with Gasteiger partial charge in [0, 0.05) is 0 Å². The first kappa shape index (κ1) is 17.9. The Balaban J connectivity index is 2.07. The average molecular weight is 361 g/mol.